The maximum absolute atomic E-state index is 4.11. The zero-order chi connectivity index (χ0) is 10.9. The van der Waals surface area contributed by atoms with E-state index in [9.17, 15) is 0 Å². The zero-order valence-corrected chi connectivity index (χ0v) is 10.0. The zero-order valence-electron chi connectivity index (χ0n) is 10.0. The first-order valence-electron chi connectivity index (χ1n) is 4.99. The average Bonchev–Trinajstić information content (AvgIpc) is 2.19. The van der Waals surface area contributed by atoms with Gasteiger partial charge in [-0.05, 0) is 68.0 Å². The highest BCUT2D eigenvalue weighted by atomic mass is 14.6. The molecule has 1 aromatic rings. The van der Waals surface area contributed by atoms with Gasteiger partial charge < -0.3 is 0 Å². The lowest BCUT2D eigenvalue weighted by molar-refractivity contribution is 1.17. The molecular formula is C13H19N. The molecule has 1 heteroatoms. The van der Waals surface area contributed by atoms with E-state index in [1.807, 2.05) is 13.3 Å². The summed E-state index contributed by atoms with van der Waals surface area (Å²) in [5, 5.41) is 0. The van der Waals surface area contributed by atoms with Gasteiger partial charge in [-0.15, -0.1) is 0 Å². The second-order valence-electron chi connectivity index (χ2n) is 3.93. The van der Waals surface area contributed by atoms with Crippen LogP contribution in [0.5, 0.6) is 0 Å². The topological polar surface area (TPSA) is 12.4 Å². The Labute approximate surface area is 86.9 Å². The number of hydrogen-bond donors (Lipinski definition) is 0. The van der Waals surface area contributed by atoms with Gasteiger partial charge in [0.1, 0.15) is 0 Å². The van der Waals surface area contributed by atoms with Gasteiger partial charge in [0.05, 0.1) is 0 Å². The summed E-state index contributed by atoms with van der Waals surface area (Å²) in [6.07, 6.45) is 1.96. The average molecular weight is 189 g/mol. The fourth-order valence-corrected chi connectivity index (χ4v) is 1.85. The summed E-state index contributed by atoms with van der Waals surface area (Å²) in [5.74, 6) is 0. The van der Waals surface area contributed by atoms with Crippen LogP contribution in [-0.2, 0) is 0 Å². The molecule has 0 bridgehead atoms. The molecule has 0 aliphatic rings. The maximum Gasteiger partial charge on any atom is 0.0286 e. The van der Waals surface area contributed by atoms with Gasteiger partial charge in [-0.2, -0.15) is 0 Å². The Kier molecular flexibility index (Phi) is 3.10. The molecule has 0 saturated heterocycles. The van der Waals surface area contributed by atoms with Crippen molar-refractivity contribution in [1.82, 2.24) is 0 Å². The smallest absolute Gasteiger partial charge is 0.0286 e. The van der Waals surface area contributed by atoms with Crippen molar-refractivity contribution in [2.24, 2.45) is 4.99 Å². The van der Waals surface area contributed by atoms with Crippen LogP contribution in [-0.4, -0.2) is 13.3 Å². The summed E-state index contributed by atoms with van der Waals surface area (Å²) >= 11 is 0. The molecule has 0 atom stereocenters. The molecule has 1 rings (SSSR count). The van der Waals surface area contributed by atoms with Gasteiger partial charge in [0.2, 0.25) is 0 Å². The van der Waals surface area contributed by atoms with Crippen LogP contribution in [0, 0.1) is 34.6 Å². The van der Waals surface area contributed by atoms with Gasteiger partial charge in [-0.1, -0.05) is 0 Å². The fraction of sp³-hybridized carbons (Fsp3) is 0.462. The van der Waals surface area contributed by atoms with E-state index in [1.54, 1.807) is 0 Å². The first-order valence-corrected chi connectivity index (χ1v) is 4.99. The molecule has 0 aliphatic heterocycles. The summed E-state index contributed by atoms with van der Waals surface area (Å²) in [5.41, 5.74) is 8.19. The predicted molar refractivity (Wildman–Crippen MR) is 63.6 cm³/mol. The molecule has 0 N–H and O–H groups in total. The summed E-state index contributed by atoms with van der Waals surface area (Å²) in [7, 11) is 1.82. The number of rotatable bonds is 1. The molecule has 0 saturated carbocycles. The lowest BCUT2D eigenvalue weighted by atomic mass is 9.90. The molecule has 0 radical (unpaired) electrons. The molecule has 76 valence electrons. The lowest BCUT2D eigenvalue weighted by Gasteiger charge is -2.15. The predicted octanol–water partition coefficient (Wildman–Crippen LogP) is 3.28. The number of nitrogens with zero attached hydrogens (tertiary/aromatic N) is 1. The van der Waals surface area contributed by atoms with E-state index in [-0.39, 0.29) is 0 Å². The third-order valence-electron chi connectivity index (χ3n) is 3.32. The van der Waals surface area contributed by atoms with Crippen LogP contribution in [0.4, 0.5) is 0 Å². The van der Waals surface area contributed by atoms with Crippen LogP contribution in [0.2, 0.25) is 0 Å². The van der Waals surface area contributed by atoms with Crippen LogP contribution in [0.25, 0.3) is 0 Å². The Morgan fingerprint density at radius 2 is 1.07 bits per heavy atom. The molecule has 1 aromatic carbocycles. The van der Waals surface area contributed by atoms with Gasteiger partial charge >= 0.3 is 0 Å². The second-order valence-corrected chi connectivity index (χ2v) is 3.93. The molecule has 0 aromatic heterocycles. The van der Waals surface area contributed by atoms with Crippen molar-refractivity contribution in [1.29, 1.82) is 0 Å². The third kappa shape index (κ3) is 1.59. The van der Waals surface area contributed by atoms with Gasteiger partial charge in [0.15, 0.2) is 0 Å². The highest BCUT2D eigenvalue weighted by Gasteiger charge is 2.09. The monoisotopic (exact) mass is 189 g/mol. The number of benzene rings is 1. The Balaban J connectivity index is 3.59. The highest BCUT2D eigenvalue weighted by molar-refractivity contribution is 5.85. The maximum atomic E-state index is 4.11. The van der Waals surface area contributed by atoms with Crippen LogP contribution in [0.15, 0.2) is 4.99 Å². The van der Waals surface area contributed by atoms with Crippen molar-refractivity contribution in [2.75, 3.05) is 7.05 Å². The van der Waals surface area contributed by atoms with E-state index in [4.69, 9.17) is 0 Å². The van der Waals surface area contributed by atoms with E-state index < -0.39 is 0 Å². The van der Waals surface area contributed by atoms with Crippen LogP contribution in [0.1, 0.15) is 33.4 Å². The fourth-order valence-electron chi connectivity index (χ4n) is 1.85. The van der Waals surface area contributed by atoms with Gasteiger partial charge in [0.25, 0.3) is 0 Å². The molecule has 14 heavy (non-hydrogen) atoms. The van der Waals surface area contributed by atoms with Gasteiger partial charge in [-0.3, -0.25) is 4.99 Å². The minimum atomic E-state index is 1.29. The van der Waals surface area contributed by atoms with E-state index in [1.165, 1.54) is 33.4 Å². The Morgan fingerprint density at radius 1 is 0.714 bits per heavy atom. The molecule has 0 amide bonds. The Hall–Kier alpha value is -1.11. The molecule has 0 spiro atoms. The van der Waals surface area contributed by atoms with E-state index in [2.05, 4.69) is 39.6 Å². The number of hydrogen-bond acceptors (Lipinski definition) is 1. The molecule has 0 aliphatic carbocycles. The van der Waals surface area contributed by atoms with E-state index >= 15 is 0 Å². The summed E-state index contributed by atoms with van der Waals surface area (Å²) in [6, 6.07) is 0. The van der Waals surface area contributed by atoms with Gasteiger partial charge in [-0.25, -0.2) is 0 Å². The first-order chi connectivity index (χ1) is 6.50. The minimum Gasteiger partial charge on any atom is -0.296 e. The molecule has 0 unspecified atom stereocenters. The molecule has 0 heterocycles. The first kappa shape index (κ1) is 11.0. The SMILES string of the molecule is C/N=C/c1c(C)c(C)c(C)c(C)c1C. The van der Waals surface area contributed by atoms with Crippen molar-refractivity contribution in [3.05, 3.63) is 33.4 Å². The van der Waals surface area contributed by atoms with Crippen LogP contribution in [0.3, 0.4) is 0 Å². The standard InChI is InChI=1S/C13H19N/c1-8-9(2)11(4)13(7-14-6)12(5)10(8)3/h7H,1-6H3/b14-7+. The van der Waals surface area contributed by atoms with E-state index in [0.717, 1.165) is 0 Å². The minimum absolute atomic E-state index is 1.29. The normalized spacial score (nSPS) is 11.3. The largest absolute Gasteiger partial charge is 0.296 e. The lowest BCUT2D eigenvalue weighted by Crippen LogP contribution is -2.01. The van der Waals surface area contributed by atoms with Gasteiger partial charge in [0, 0.05) is 13.3 Å². The van der Waals surface area contributed by atoms with Crippen molar-refractivity contribution < 1.29 is 0 Å². The highest BCUT2D eigenvalue weighted by Crippen LogP contribution is 2.24. The molecule has 1 nitrogen and oxygen atoms in total. The van der Waals surface area contributed by atoms with Crippen LogP contribution >= 0.6 is 0 Å². The summed E-state index contributed by atoms with van der Waals surface area (Å²) in [6.45, 7) is 10.9. The second kappa shape index (κ2) is 3.95. The summed E-state index contributed by atoms with van der Waals surface area (Å²) < 4.78 is 0. The quantitative estimate of drug-likeness (QED) is 0.601. The van der Waals surface area contributed by atoms with Crippen molar-refractivity contribution in [3.8, 4) is 0 Å². The number of aliphatic imine (C=N–C) groups is 1. The van der Waals surface area contributed by atoms with Crippen molar-refractivity contribution in [2.45, 2.75) is 34.6 Å². The van der Waals surface area contributed by atoms with Crippen molar-refractivity contribution >= 4 is 6.21 Å². The third-order valence-corrected chi connectivity index (χ3v) is 3.32. The molecular weight excluding hydrogens is 170 g/mol. The Bertz CT molecular complexity index is 358. The Morgan fingerprint density at radius 3 is 1.43 bits per heavy atom. The van der Waals surface area contributed by atoms with Crippen molar-refractivity contribution in [3.63, 3.8) is 0 Å². The molecule has 0 fully saturated rings. The van der Waals surface area contributed by atoms with E-state index in [0.29, 0.717) is 0 Å². The summed E-state index contributed by atoms with van der Waals surface area (Å²) in [4.78, 5) is 4.11. The van der Waals surface area contributed by atoms with Crippen LogP contribution < -0.4 is 0 Å².